The molecular weight excluding hydrogens is 268 g/mol. The first-order chi connectivity index (χ1) is 9.13. The van der Waals surface area contributed by atoms with E-state index in [0.29, 0.717) is 11.6 Å². The molecule has 2 aromatic rings. The van der Waals surface area contributed by atoms with Crippen LogP contribution in [0.5, 0.6) is 0 Å². The van der Waals surface area contributed by atoms with Crippen molar-refractivity contribution in [1.82, 2.24) is 5.32 Å². The molecular formula is C15H14ClF2N. The van der Waals surface area contributed by atoms with E-state index in [0.717, 1.165) is 11.6 Å². The van der Waals surface area contributed by atoms with Crippen LogP contribution < -0.4 is 5.32 Å². The third-order valence-corrected chi connectivity index (χ3v) is 3.12. The van der Waals surface area contributed by atoms with Gasteiger partial charge in [-0.1, -0.05) is 42.8 Å². The Hall–Kier alpha value is -1.45. The van der Waals surface area contributed by atoms with E-state index in [9.17, 15) is 8.78 Å². The molecule has 0 fully saturated rings. The topological polar surface area (TPSA) is 12.0 Å². The Bertz CT molecular complexity index is 572. The van der Waals surface area contributed by atoms with Gasteiger partial charge in [-0.25, -0.2) is 8.78 Å². The van der Waals surface area contributed by atoms with Crippen LogP contribution in [0.15, 0.2) is 42.5 Å². The highest BCUT2D eigenvalue weighted by Crippen LogP contribution is 2.27. The minimum Gasteiger partial charge on any atom is -0.306 e. The molecule has 1 nitrogen and oxygen atoms in total. The first-order valence-electron chi connectivity index (χ1n) is 6.06. The summed E-state index contributed by atoms with van der Waals surface area (Å²) in [5, 5.41) is 3.71. The standard InChI is InChI=1S/C15H14ClF2N/c1-2-19-15(10-5-3-6-11(16)9-10)12-7-4-8-13(17)14(12)18/h3-9,15,19H,2H2,1H3. The summed E-state index contributed by atoms with van der Waals surface area (Å²) in [4.78, 5) is 0. The number of benzene rings is 2. The van der Waals surface area contributed by atoms with Crippen LogP contribution in [0.1, 0.15) is 24.1 Å². The first kappa shape index (κ1) is 14.0. The molecule has 4 heteroatoms. The summed E-state index contributed by atoms with van der Waals surface area (Å²) >= 11 is 5.95. The largest absolute Gasteiger partial charge is 0.306 e. The van der Waals surface area contributed by atoms with Crippen LogP contribution in [0, 0.1) is 11.6 Å². The predicted molar refractivity (Wildman–Crippen MR) is 73.3 cm³/mol. The fourth-order valence-corrected chi connectivity index (χ4v) is 2.24. The molecule has 1 N–H and O–H groups in total. The van der Waals surface area contributed by atoms with E-state index in [1.807, 2.05) is 13.0 Å². The van der Waals surface area contributed by atoms with E-state index >= 15 is 0 Å². The Kier molecular flexibility index (Phi) is 4.51. The molecule has 2 aromatic carbocycles. The number of halogens is 3. The molecule has 0 aromatic heterocycles. The van der Waals surface area contributed by atoms with Gasteiger partial charge in [-0.2, -0.15) is 0 Å². The molecule has 19 heavy (non-hydrogen) atoms. The SMILES string of the molecule is CCNC(c1cccc(Cl)c1)c1cccc(F)c1F. The summed E-state index contributed by atoms with van der Waals surface area (Å²) in [6.45, 7) is 2.54. The Morgan fingerprint density at radius 2 is 1.89 bits per heavy atom. The minimum absolute atomic E-state index is 0.282. The quantitative estimate of drug-likeness (QED) is 0.880. The summed E-state index contributed by atoms with van der Waals surface area (Å²) < 4.78 is 27.3. The van der Waals surface area contributed by atoms with Crippen molar-refractivity contribution in [2.75, 3.05) is 6.54 Å². The molecule has 0 heterocycles. The van der Waals surface area contributed by atoms with E-state index in [1.165, 1.54) is 6.07 Å². The van der Waals surface area contributed by atoms with Crippen molar-refractivity contribution < 1.29 is 8.78 Å². The maximum Gasteiger partial charge on any atom is 0.163 e. The second-order valence-corrected chi connectivity index (χ2v) is 4.63. The zero-order chi connectivity index (χ0) is 13.8. The van der Waals surface area contributed by atoms with Gasteiger partial charge in [-0.05, 0) is 30.3 Å². The molecule has 1 atom stereocenters. The summed E-state index contributed by atoms with van der Waals surface area (Å²) in [5.74, 6) is -1.67. The van der Waals surface area contributed by atoms with Crippen molar-refractivity contribution in [3.05, 3.63) is 70.2 Å². The van der Waals surface area contributed by atoms with Crippen molar-refractivity contribution in [1.29, 1.82) is 0 Å². The Morgan fingerprint density at radius 3 is 2.58 bits per heavy atom. The molecule has 100 valence electrons. The van der Waals surface area contributed by atoms with E-state index in [1.54, 1.807) is 24.3 Å². The van der Waals surface area contributed by atoms with Gasteiger partial charge in [0.2, 0.25) is 0 Å². The van der Waals surface area contributed by atoms with Gasteiger partial charge in [-0.15, -0.1) is 0 Å². The molecule has 0 aliphatic carbocycles. The molecule has 0 saturated carbocycles. The number of nitrogens with one attached hydrogen (secondary N) is 1. The van der Waals surface area contributed by atoms with E-state index in [-0.39, 0.29) is 5.56 Å². The van der Waals surface area contributed by atoms with E-state index in [4.69, 9.17) is 11.6 Å². The van der Waals surface area contributed by atoms with Crippen LogP contribution in [-0.4, -0.2) is 6.54 Å². The van der Waals surface area contributed by atoms with Gasteiger partial charge in [0.05, 0.1) is 6.04 Å². The van der Waals surface area contributed by atoms with Gasteiger partial charge >= 0.3 is 0 Å². The maximum absolute atomic E-state index is 13.9. The van der Waals surface area contributed by atoms with Crippen LogP contribution in [0.3, 0.4) is 0 Å². The monoisotopic (exact) mass is 281 g/mol. The molecule has 0 bridgehead atoms. The average molecular weight is 282 g/mol. The summed E-state index contributed by atoms with van der Waals surface area (Å²) in [6.07, 6.45) is 0. The molecule has 2 rings (SSSR count). The van der Waals surface area contributed by atoms with Crippen LogP contribution in [-0.2, 0) is 0 Å². The van der Waals surface area contributed by atoms with Crippen molar-refractivity contribution in [3.8, 4) is 0 Å². The average Bonchev–Trinajstić information content (AvgIpc) is 2.40. The number of hydrogen-bond acceptors (Lipinski definition) is 1. The first-order valence-corrected chi connectivity index (χ1v) is 6.44. The Balaban J connectivity index is 2.48. The molecule has 0 aliphatic heterocycles. The van der Waals surface area contributed by atoms with Crippen LogP contribution in [0.4, 0.5) is 8.78 Å². The lowest BCUT2D eigenvalue weighted by atomic mass is 9.98. The second-order valence-electron chi connectivity index (χ2n) is 4.19. The zero-order valence-electron chi connectivity index (χ0n) is 10.5. The summed E-state index contributed by atoms with van der Waals surface area (Å²) in [7, 11) is 0. The minimum atomic E-state index is -0.845. The number of rotatable bonds is 4. The van der Waals surface area contributed by atoms with Gasteiger partial charge in [0.15, 0.2) is 11.6 Å². The van der Waals surface area contributed by atoms with Crippen LogP contribution in [0.2, 0.25) is 5.02 Å². The van der Waals surface area contributed by atoms with Crippen LogP contribution in [0.25, 0.3) is 0 Å². The fourth-order valence-electron chi connectivity index (χ4n) is 2.04. The van der Waals surface area contributed by atoms with Crippen molar-refractivity contribution >= 4 is 11.6 Å². The van der Waals surface area contributed by atoms with Gasteiger partial charge in [0.1, 0.15) is 0 Å². The summed E-state index contributed by atoms with van der Waals surface area (Å²) in [5.41, 5.74) is 1.09. The normalized spacial score (nSPS) is 12.4. The van der Waals surface area contributed by atoms with Gasteiger partial charge in [-0.3, -0.25) is 0 Å². The molecule has 0 radical (unpaired) electrons. The zero-order valence-corrected chi connectivity index (χ0v) is 11.2. The maximum atomic E-state index is 13.9. The lowest BCUT2D eigenvalue weighted by Gasteiger charge is -2.20. The third-order valence-electron chi connectivity index (χ3n) is 2.88. The second kappa shape index (κ2) is 6.13. The highest BCUT2D eigenvalue weighted by molar-refractivity contribution is 6.30. The molecule has 0 spiro atoms. The molecule has 1 unspecified atom stereocenters. The number of hydrogen-bond donors (Lipinski definition) is 1. The van der Waals surface area contributed by atoms with Crippen molar-refractivity contribution in [2.45, 2.75) is 13.0 Å². The highest BCUT2D eigenvalue weighted by atomic mass is 35.5. The summed E-state index contributed by atoms with van der Waals surface area (Å²) in [6, 6.07) is 10.9. The van der Waals surface area contributed by atoms with E-state index < -0.39 is 17.7 Å². The van der Waals surface area contributed by atoms with Crippen molar-refractivity contribution in [3.63, 3.8) is 0 Å². The lowest BCUT2D eigenvalue weighted by Crippen LogP contribution is -2.23. The van der Waals surface area contributed by atoms with Gasteiger partial charge in [0.25, 0.3) is 0 Å². The Morgan fingerprint density at radius 1 is 1.16 bits per heavy atom. The van der Waals surface area contributed by atoms with Gasteiger partial charge < -0.3 is 5.32 Å². The molecule has 0 amide bonds. The van der Waals surface area contributed by atoms with Crippen molar-refractivity contribution in [2.24, 2.45) is 0 Å². The third kappa shape index (κ3) is 3.11. The van der Waals surface area contributed by atoms with E-state index in [2.05, 4.69) is 5.32 Å². The lowest BCUT2D eigenvalue weighted by molar-refractivity contribution is 0.483. The van der Waals surface area contributed by atoms with Crippen LogP contribution >= 0.6 is 11.6 Å². The predicted octanol–water partition coefficient (Wildman–Crippen LogP) is 4.32. The highest BCUT2D eigenvalue weighted by Gasteiger charge is 2.19. The van der Waals surface area contributed by atoms with Gasteiger partial charge in [0, 0.05) is 10.6 Å². The molecule has 0 saturated heterocycles. The Labute approximate surface area is 116 Å². The fraction of sp³-hybridized carbons (Fsp3) is 0.200. The smallest absolute Gasteiger partial charge is 0.163 e. The molecule has 0 aliphatic rings.